The quantitative estimate of drug-likeness (QED) is 0.437. The predicted octanol–water partition coefficient (Wildman–Crippen LogP) is 1.47. The summed E-state index contributed by atoms with van der Waals surface area (Å²) in [6.07, 6.45) is 1.49. The van der Waals surface area contributed by atoms with E-state index in [-0.39, 0.29) is 29.4 Å². The van der Waals surface area contributed by atoms with Gasteiger partial charge in [-0.25, -0.2) is 0 Å². The van der Waals surface area contributed by atoms with E-state index in [1.165, 1.54) is 0 Å². The standard InChI is InChI=1S/C14H23N5O2.HI/c1-8-17-10(19-21-8)7-16-13(15-4)18-11-9-5-6-20-12(9)14(11,2)3;/h9,11-12H,5-7H2,1-4H3,(H2,15,16,18);1H. The number of nitrogens with zero attached hydrogens (tertiary/aromatic N) is 3. The van der Waals surface area contributed by atoms with Crippen molar-refractivity contribution < 1.29 is 9.26 Å². The Kier molecular flexibility index (Phi) is 5.31. The van der Waals surface area contributed by atoms with Crippen molar-refractivity contribution in [2.24, 2.45) is 16.3 Å². The second-order valence-electron chi connectivity index (χ2n) is 6.34. The molecule has 0 amide bonds. The third-order valence-corrected chi connectivity index (χ3v) is 4.60. The fourth-order valence-corrected chi connectivity index (χ4v) is 3.54. The van der Waals surface area contributed by atoms with Gasteiger partial charge in [-0.2, -0.15) is 4.98 Å². The van der Waals surface area contributed by atoms with Gasteiger partial charge in [0.05, 0.1) is 12.6 Å². The van der Waals surface area contributed by atoms with Gasteiger partial charge in [0.15, 0.2) is 11.8 Å². The molecule has 0 radical (unpaired) electrons. The Labute approximate surface area is 147 Å². The van der Waals surface area contributed by atoms with Crippen LogP contribution in [0.15, 0.2) is 9.52 Å². The molecule has 0 spiro atoms. The number of guanidine groups is 1. The minimum atomic E-state index is 0. The first kappa shape index (κ1) is 17.5. The normalized spacial score (nSPS) is 29.3. The molecule has 1 aromatic heterocycles. The SMILES string of the molecule is CN=C(NCc1noc(C)n1)NC1C2CCOC2C1(C)C.I. The number of fused-ring (bicyclic) bond motifs is 1. The van der Waals surface area contributed by atoms with Crippen LogP contribution in [0.5, 0.6) is 0 Å². The molecular weight excluding hydrogens is 397 g/mol. The van der Waals surface area contributed by atoms with Crippen molar-refractivity contribution >= 4 is 29.9 Å². The number of hydrogen-bond donors (Lipinski definition) is 2. The summed E-state index contributed by atoms with van der Waals surface area (Å²) in [4.78, 5) is 8.45. The van der Waals surface area contributed by atoms with E-state index in [4.69, 9.17) is 9.26 Å². The lowest BCUT2D eigenvalue weighted by molar-refractivity contribution is -0.106. The van der Waals surface area contributed by atoms with Gasteiger partial charge in [-0.1, -0.05) is 19.0 Å². The van der Waals surface area contributed by atoms with E-state index >= 15 is 0 Å². The largest absolute Gasteiger partial charge is 0.377 e. The van der Waals surface area contributed by atoms with Gasteiger partial charge in [0.2, 0.25) is 5.89 Å². The smallest absolute Gasteiger partial charge is 0.223 e. The number of rotatable bonds is 3. The van der Waals surface area contributed by atoms with Crippen LogP contribution < -0.4 is 10.6 Å². The van der Waals surface area contributed by atoms with Gasteiger partial charge >= 0.3 is 0 Å². The highest BCUT2D eigenvalue weighted by Crippen LogP contribution is 2.52. The average Bonchev–Trinajstić information content (AvgIpc) is 3.06. The topological polar surface area (TPSA) is 84.6 Å². The summed E-state index contributed by atoms with van der Waals surface area (Å²) in [5.41, 5.74) is 0.127. The molecule has 0 bridgehead atoms. The van der Waals surface area contributed by atoms with Crippen molar-refractivity contribution in [1.82, 2.24) is 20.8 Å². The minimum absolute atomic E-state index is 0. The van der Waals surface area contributed by atoms with Crippen LogP contribution in [0.1, 0.15) is 32.0 Å². The van der Waals surface area contributed by atoms with Crippen LogP contribution in [0, 0.1) is 18.3 Å². The fraction of sp³-hybridized carbons (Fsp3) is 0.786. The van der Waals surface area contributed by atoms with E-state index in [1.54, 1.807) is 14.0 Å². The van der Waals surface area contributed by atoms with Gasteiger partial charge in [-0.3, -0.25) is 4.99 Å². The maximum atomic E-state index is 5.81. The molecule has 22 heavy (non-hydrogen) atoms. The summed E-state index contributed by atoms with van der Waals surface area (Å²) in [5.74, 6) is 2.54. The lowest BCUT2D eigenvalue weighted by Gasteiger charge is -2.54. The molecule has 1 saturated heterocycles. The summed E-state index contributed by atoms with van der Waals surface area (Å²) in [5, 5.41) is 10.6. The van der Waals surface area contributed by atoms with Crippen LogP contribution in [0.3, 0.4) is 0 Å². The van der Waals surface area contributed by atoms with Crippen LogP contribution in [-0.2, 0) is 11.3 Å². The first-order valence-electron chi connectivity index (χ1n) is 7.40. The molecule has 2 aliphatic rings. The van der Waals surface area contributed by atoms with E-state index in [0.717, 1.165) is 19.0 Å². The predicted molar refractivity (Wildman–Crippen MR) is 93.2 cm³/mol. The molecule has 3 atom stereocenters. The Morgan fingerprint density at radius 3 is 2.86 bits per heavy atom. The van der Waals surface area contributed by atoms with Crippen LogP contribution in [-0.4, -0.2) is 41.9 Å². The van der Waals surface area contributed by atoms with Crippen molar-refractivity contribution in [2.75, 3.05) is 13.7 Å². The maximum Gasteiger partial charge on any atom is 0.223 e. The van der Waals surface area contributed by atoms with Crippen LogP contribution >= 0.6 is 24.0 Å². The van der Waals surface area contributed by atoms with E-state index in [9.17, 15) is 0 Å². The Balaban J connectivity index is 0.00000176. The molecule has 8 heteroatoms. The molecule has 1 saturated carbocycles. The summed E-state index contributed by atoms with van der Waals surface area (Å²) in [6.45, 7) is 7.63. The Bertz CT molecular complexity index is 545. The van der Waals surface area contributed by atoms with E-state index in [1.807, 2.05) is 0 Å². The molecule has 3 unspecified atom stereocenters. The van der Waals surface area contributed by atoms with Crippen molar-refractivity contribution in [3.63, 3.8) is 0 Å². The second kappa shape index (κ2) is 6.69. The van der Waals surface area contributed by atoms with Gasteiger partial charge in [-0.05, 0) is 6.42 Å². The molecule has 2 heterocycles. The molecule has 0 aromatic carbocycles. The number of aryl methyl sites for hydroxylation is 1. The summed E-state index contributed by atoms with van der Waals surface area (Å²) >= 11 is 0. The number of ether oxygens (including phenoxy) is 1. The zero-order valence-corrected chi connectivity index (χ0v) is 15.8. The van der Waals surface area contributed by atoms with Crippen LogP contribution in [0.4, 0.5) is 0 Å². The van der Waals surface area contributed by atoms with Crippen molar-refractivity contribution in [1.29, 1.82) is 0 Å². The van der Waals surface area contributed by atoms with Crippen molar-refractivity contribution in [3.05, 3.63) is 11.7 Å². The summed E-state index contributed by atoms with van der Waals surface area (Å²) < 4.78 is 10.8. The Hall–Kier alpha value is -0.900. The third-order valence-electron chi connectivity index (χ3n) is 4.60. The highest BCUT2D eigenvalue weighted by atomic mass is 127. The van der Waals surface area contributed by atoms with Gasteiger partial charge in [0.25, 0.3) is 0 Å². The lowest BCUT2D eigenvalue weighted by atomic mass is 9.57. The number of hydrogen-bond acceptors (Lipinski definition) is 5. The zero-order chi connectivity index (χ0) is 15.0. The monoisotopic (exact) mass is 421 g/mol. The Morgan fingerprint density at radius 2 is 2.23 bits per heavy atom. The highest BCUT2D eigenvalue weighted by molar-refractivity contribution is 14.0. The highest BCUT2D eigenvalue weighted by Gasteiger charge is 2.59. The molecule has 1 aromatic rings. The van der Waals surface area contributed by atoms with Crippen molar-refractivity contribution in [2.45, 2.75) is 45.9 Å². The molecule has 3 rings (SSSR count). The number of halogens is 1. The molecule has 124 valence electrons. The minimum Gasteiger partial charge on any atom is -0.377 e. The van der Waals surface area contributed by atoms with E-state index in [2.05, 4.69) is 39.6 Å². The van der Waals surface area contributed by atoms with Crippen molar-refractivity contribution in [3.8, 4) is 0 Å². The molecule has 1 aliphatic carbocycles. The molecule has 2 fully saturated rings. The fourth-order valence-electron chi connectivity index (χ4n) is 3.54. The molecule has 2 N–H and O–H groups in total. The number of aliphatic imine (C=N–C) groups is 1. The molecular formula is C14H24IN5O2. The van der Waals surface area contributed by atoms with Gasteiger partial charge in [0, 0.05) is 38.0 Å². The van der Waals surface area contributed by atoms with Gasteiger partial charge in [-0.15, -0.1) is 24.0 Å². The average molecular weight is 421 g/mol. The maximum absolute atomic E-state index is 5.81. The van der Waals surface area contributed by atoms with Crippen LogP contribution in [0.2, 0.25) is 0 Å². The number of aromatic nitrogens is 2. The summed E-state index contributed by atoms with van der Waals surface area (Å²) in [6, 6.07) is 0.378. The van der Waals surface area contributed by atoms with Crippen LogP contribution in [0.25, 0.3) is 0 Å². The Morgan fingerprint density at radius 1 is 1.45 bits per heavy atom. The molecule has 7 nitrogen and oxygen atoms in total. The lowest BCUT2D eigenvalue weighted by Crippen LogP contribution is -2.67. The first-order chi connectivity index (χ1) is 10.0. The zero-order valence-electron chi connectivity index (χ0n) is 13.4. The van der Waals surface area contributed by atoms with E-state index in [0.29, 0.717) is 36.3 Å². The van der Waals surface area contributed by atoms with Gasteiger partial charge < -0.3 is 19.9 Å². The summed E-state index contributed by atoms with van der Waals surface area (Å²) in [7, 11) is 1.77. The second-order valence-corrected chi connectivity index (χ2v) is 6.34. The van der Waals surface area contributed by atoms with E-state index < -0.39 is 0 Å². The molecule has 1 aliphatic heterocycles. The number of nitrogens with one attached hydrogen (secondary N) is 2. The third kappa shape index (κ3) is 3.08. The first-order valence-corrected chi connectivity index (χ1v) is 7.40. The van der Waals surface area contributed by atoms with Gasteiger partial charge in [0.1, 0.15) is 0 Å².